The molecule has 0 saturated carbocycles. The molecule has 1 rings (SSSR count). The Hall–Kier alpha value is -1.15. The fourth-order valence-electron chi connectivity index (χ4n) is 1.29. The molecular formula is C12H15BrFNO4S. The fourth-order valence-corrected chi connectivity index (χ4v) is 2.14. The molecule has 0 aromatic heterocycles. The number of carboxylic acids is 1. The molecule has 8 heteroatoms. The lowest BCUT2D eigenvalue weighted by atomic mass is 10.1. The van der Waals surface area contributed by atoms with E-state index in [1.807, 2.05) is 0 Å². The Balaban J connectivity index is 3.02. The smallest absolute Gasteiger partial charge is 0.336 e. The van der Waals surface area contributed by atoms with Crippen LogP contribution in [0.15, 0.2) is 16.6 Å². The summed E-state index contributed by atoms with van der Waals surface area (Å²) >= 11 is 2.88. The minimum atomic E-state index is -3.31. The maximum Gasteiger partial charge on any atom is 0.336 e. The predicted octanol–water partition coefficient (Wildman–Crippen LogP) is 2.52. The summed E-state index contributed by atoms with van der Waals surface area (Å²) in [6, 6.07) is 2.51. The quantitative estimate of drug-likeness (QED) is 0.835. The van der Waals surface area contributed by atoms with E-state index in [9.17, 15) is 17.6 Å². The van der Waals surface area contributed by atoms with Crippen molar-refractivity contribution in [3.63, 3.8) is 0 Å². The van der Waals surface area contributed by atoms with Crippen molar-refractivity contribution in [2.24, 2.45) is 0 Å². The first kappa shape index (κ1) is 16.9. The minimum absolute atomic E-state index is 0.00160. The number of carboxylic acid groups (broad SMARTS) is 1. The largest absolute Gasteiger partial charge is 0.478 e. The van der Waals surface area contributed by atoms with Gasteiger partial charge in [0.25, 0.3) is 0 Å². The zero-order valence-electron chi connectivity index (χ0n) is 11.2. The number of aromatic carboxylic acids is 1. The summed E-state index contributed by atoms with van der Waals surface area (Å²) in [5.41, 5.74) is -0.158. The highest BCUT2D eigenvalue weighted by Crippen LogP contribution is 2.28. The third-order valence-electron chi connectivity index (χ3n) is 3.02. The molecule has 2 N–H and O–H groups in total. The Morgan fingerprint density at radius 2 is 2.00 bits per heavy atom. The van der Waals surface area contributed by atoms with Crippen LogP contribution < -0.4 is 5.32 Å². The van der Waals surface area contributed by atoms with Crippen molar-refractivity contribution in [2.75, 3.05) is 18.1 Å². The highest BCUT2D eigenvalue weighted by Gasteiger charge is 2.30. The van der Waals surface area contributed by atoms with Gasteiger partial charge in [-0.15, -0.1) is 0 Å². The molecule has 0 aliphatic heterocycles. The molecule has 0 heterocycles. The fraction of sp³-hybridized carbons (Fsp3) is 0.417. The Kier molecular flexibility index (Phi) is 4.81. The van der Waals surface area contributed by atoms with Crippen LogP contribution in [-0.2, 0) is 9.84 Å². The molecule has 0 aliphatic rings. The van der Waals surface area contributed by atoms with Gasteiger partial charge in [-0.1, -0.05) is 0 Å². The second kappa shape index (κ2) is 5.69. The van der Waals surface area contributed by atoms with Gasteiger partial charge < -0.3 is 10.4 Å². The van der Waals surface area contributed by atoms with E-state index in [4.69, 9.17) is 5.11 Å². The zero-order chi connectivity index (χ0) is 15.7. The van der Waals surface area contributed by atoms with E-state index in [1.54, 1.807) is 0 Å². The molecule has 5 nitrogen and oxygen atoms in total. The zero-order valence-corrected chi connectivity index (χ0v) is 13.6. The first-order valence-corrected chi connectivity index (χ1v) is 8.30. The number of benzene rings is 1. The number of anilines is 1. The van der Waals surface area contributed by atoms with Gasteiger partial charge >= 0.3 is 5.97 Å². The Bertz CT molecular complexity index is 643. The second-order valence-corrected chi connectivity index (χ2v) is 8.42. The van der Waals surface area contributed by atoms with Crippen LogP contribution in [0, 0.1) is 5.82 Å². The maximum absolute atomic E-state index is 14.0. The van der Waals surface area contributed by atoms with Gasteiger partial charge in [0.2, 0.25) is 0 Å². The summed E-state index contributed by atoms with van der Waals surface area (Å²) in [7, 11) is -3.31. The summed E-state index contributed by atoms with van der Waals surface area (Å²) < 4.78 is 35.8. The van der Waals surface area contributed by atoms with Gasteiger partial charge in [-0.3, -0.25) is 0 Å². The summed E-state index contributed by atoms with van der Waals surface area (Å²) in [5.74, 6) is -2.02. The third-order valence-corrected chi connectivity index (χ3v) is 5.95. The van der Waals surface area contributed by atoms with Crippen molar-refractivity contribution in [2.45, 2.75) is 18.6 Å². The summed E-state index contributed by atoms with van der Waals surface area (Å²) in [5, 5.41) is 11.5. The first-order valence-electron chi connectivity index (χ1n) is 5.62. The van der Waals surface area contributed by atoms with E-state index in [1.165, 1.54) is 26.0 Å². The molecule has 0 bridgehead atoms. The van der Waals surface area contributed by atoms with E-state index in [-0.39, 0.29) is 22.3 Å². The minimum Gasteiger partial charge on any atom is -0.478 e. The first-order chi connectivity index (χ1) is 8.97. The SMILES string of the molecule is CC(C)(CNc1ccc(C(=O)O)c(Br)c1F)S(C)(=O)=O. The second-order valence-electron chi connectivity index (χ2n) is 4.98. The van der Waals surface area contributed by atoms with E-state index >= 15 is 0 Å². The predicted molar refractivity (Wildman–Crippen MR) is 78.5 cm³/mol. The van der Waals surface area contributed by atoms with Gasteiger partial charge in [-0.05, 0) is 41.9 Å². The van der Waals surface area contributed by atoms with Crippen molar-refractivity contribution in [3.05, 3.63) is 28.0 Å². The van der Waals surface area contributed by atoms with Crippen molar-refractivity contribution in [3.8, 4) is 0 Å². The van der Waals surface area contributed by atoms with E-state index in [2.05, 4.69) is 21.2 Å². The van der Waals surface area contributed by atoms with Crippen LogP contribution in [0.5, 0.6) is 0 Å². The molecule has 0 saturated heterocycles. The number of halogens is 2. The lowest BCUT2D eigenvalue weighted by Gasteiger charge is -2.23. The lowest BCUT2D eigenvalue weighted by Crippen LogP contribution is -2.38. The van der Waals surface area contributed by atoms with Crippen LogP contribution in [0.1, 0.15) is 24.2 Å². The molecule has 0 radical (unpaired) electrons. The average Bonchev–Trinajstić information content (AvgIpc) is 2.29. The van der Waals surface area contributed by atoms with Crippen LogP contribution in [-0.4, -0.2) is 37.0 Å². The van der Waals surface area contributed by atoms with Crippen molar-refractivity contribution in [1.29, 1.82) is 0 Å². The van der Waals surface area contributed by atoms with Gasteiger partial charge in [0.15, 0.2) is 15.7 Å². The van der Waals surface area contributed by atoms with Gasteiger partial charge in [0, 0.05) is 12.8 Å². The van der Waals surface area contributed by atoms with Crippen LogP contribution in [0.3, 0.4) is 0 Å². The Morgan fingerprint density at radius 1 is 1.45 bits per heavy atom. The third kappa shape index (κ3) is 3.49. The number of hydrogen-bond acceptors (Lipinski definition) is 4. The summed E-state index contributed by atoms with van der Waals surface area (Å²) in [6.07, 6.45) is 1.11. The Morgan fingerprint density at radius 3 is 2.45 bits per heavy atom. The number of rotatable bonds is 5. The summed E-state index contributed by atoms with van der Waals surface area (Å²) in [6.45, 7) is 3.05. The normalized spacial score (nSPS) is 12.2. The molecule has 0 unspecified atom stereocenters. The summed E-state index contributed by atoms with van der Waals surface area (Å²) in [4.78, 5) is 10.8. The molecule has 0 fully saturated rings. The maximum atomic E-state index is 14.0. The monoisotopic (exact) mass is 367 g/mol. The van der Waals surface area contributed by atoms with Crippen LogP contribution in [0.4, 0.5) is 10.1 Å². The van der Waals surface area contributed by atoms with Crippen LogP contribution in [0.25, 0.3) is 0 Å². The lowest BCUT2D eigenvalue weighted by molar-refractivity contribution is 0.0695. The molecule has 112 valence electrons. The number of nitrogens with one attached hydrogen (secondary N) is 1. The topological polar surface area (TPSA) is 83.5 Å². The highest BCUT2D eigenvalue weighted by molar-refractivity contribution is 9.10. The van der Waals surface area contributed by atoms with Crippen molar-refractivity contribution < 1.29 is 22.7 Å². The molecule has 1 aromatic rings. The molecule has 20 heavy (non-hydrogen) atoms. The van der Waals surface area contributed by atoms with Crippen LogP contribution >= 0.6 is 15.9 Å². The van der Waals surface area contributed by atoms with Gasteiger partial charge in [0.1, 0.15) is 0 Å². The average molecular weight is 368 g/mol. The van der Waals surface area contributed by atoms with E-state index in [0.29, 0.717) is 0 Å². The number of hydrogen-bond donors (Lipinski definition) is 2. The van der Waals surface area contributed by atoms with Crippen molar-refractivity contribution >= 4 is 37.4 Å². The van der Waals surface area contributed by atoms with Gasteiger partial charge in [-0.25, -0.2) is 17.6 Å². The van der Waals surface area contributed by atoms with Crippen LogP contribution in [0.2, 0.25) is 0 Å². The molecule has 0 amide bonds. The standard InChI is InChI=1S/C12H15BrFNO4S/c1-12(2,20(3,18)19)6-15-8-5-4-7(11(16)17)9(13)10(8)14/h4-5,15H,6H2,1-3H3,(H,16,17). The number of carbonyl (C=O) groups is 1. The Labute approximate surface area is 125 Å². The highest BCUT2D eigenvalue weighted by atomic mass is 79.9. The van der Waals surface area contributed by atoms with Gasteiger partial charge in [0.05, 0.1) is 20.5 Å². The molecule has 0 aliphatic carbocycles. The van der Waals surface area contributed by atoms with Crippen molar-refractivity contribution in [1.82, 2.24) is 0 Å². The molecule has 0 spiro atoms. The van der Waals surface area contributed by atoms with E-state index in [0.717, 1.165) is 6.26 Å². The van der Waals surface area contributed by atoms with Gasteiger partial charge in [-0.2, -0.15) is 0 Å². The molecule has 1 aromatic carbocycles. The van der Waals surface area contributed by atoms with E-state index < -0.39 is 26.4 Å². The molecular weight excluding hydrogens is 353 g/mol. The molecule has 0 atom stereocenters. The number of sulfone groups is 1.